The number of hydrogen-bond acceptors (Lipinski definition) is 2. The van der Waals surface area contributed by atoms with Gasteiger partial charge in [0.15, 0.2) is 0 Å². The van der Waals surface area contributed by atoms with Crippen LogP contribution in [0.3, 0.4) is 0 Å². The van der Waals surface area contributed by atoms with Gasteiger partial charge in [-0.2, -0.15) is 0 Å². The molecule has 0 aliphatic heterocycles. The van der Waals surface area contributed by atoms with E-state index in [-0.39, 0.29) is 11.1 Å². The number of benzene rings is 1. The van der Waals surface area contributed by atoms with Gasteiger partial charge in [0.1, 0.15) is 0 Å². The van der Waals surface area contributed by atoms with E-state index in [0.29, 0.717) is 23.4 Å². The lowest BCUT2D eigenvalue weighted by atomic mass is 10.1. The average molecular weight is 262 g/mol. The summed E-state index contributed by atoms with van der Waals surface area (Å²) in [7, 11) is 0. The Balaban J connectivity index is 2.88. The Morgan fingerprint density at radius 2 is 2.19 bits per heavy atom. The highest BCUT2D eigenvalue weighted by atomic mass is 35.5. The molecule has 0 aliphatic carbocycles. The highest BCUT2D eigenvalue weighted by molar-refractivity contribution is 6.31. The van der Waals surface area contributed by atoms with Gasteiger partial charge in [0, 0.05) is 17.0 Å². The third kappa shape index (κ3) is 3.35. The Morgan fingerprint density at radius 1 is 1.50 bits per heavy atom. The lowest BCUT2D eigenvalue weighted by Gasteiger charge is -2.08. The van der Waals surface area contributed by atoms with Crippen molar-refractivity contribution in [2.75, 3.05) is 0 Å². The molecule has 16 heavy (non-hydrogen) atoms. The van der Waals surface area contributed by atoms with Crippen molar-refractivity contribution in [1.82, 2.24) is 0 Å². The molecule has 0 N–H and O–H groups in total. The molecule has 1 aromatic carbocycles. The van der Waals surface area contributed by atoms with Gasteiger partial charge in [-0.15, -0.1) is 11.6 Å². The second-order valence-corrected chi connectivity index (χ2v) is 4.56. The van der Waals surface area contributed by atoms with Crippen molar-refractivity contribution in [3.8, 4) is 0 Å². The van der Waals surface area contributed by atoms with E-state index >= 15 is 0 Å². The summed E-state index contributed by atoms with van der Waals surface area (Å²) >= 11 is 11.9. The topological polar surface area (TPSA) is 43.1 Å². The number of rotatable bonds is 5. The van der Waals surface area contributed by atoms with Crippen molar-refractivity contribution in [3.05, 3.63) is 38.9 Å². The van der Waals surface area contributed by atoms with Gasteiger partial charge in [-0.25, -0.2) is 0 Å². The first-order chi connectivity index (χ1) is 7.56. The number of nitrogens with zero attached hydrogens (tertiary/aromatic N) is 1. The molecular formula is C11H13Cl2NO2. The Morgan fingerprint density at radius 3 is 2.75 bits per heavy atom. The molecule has 1 unspecified atom stereocenters. The Labute approximate surface area is 105 Å². The van der Waals surface area contributed by atoms with Gasteiger partial charge in [0.05, 0.1) is 9.95 Å². The summed E-state index contributed by atoms with van der Waals surface area (Å²) in [6, 6.07) is 4.72. The molecular weight excluding hydrogens is 249 g/mol. The van der Waals surface area contributed by atoms with Gasteiger partial charge in [0.25, 0.3) is 5.69 Å². The first kappa shape index (κ1) is 13.3. The lowest BCUT2D eigenvalue weighted by molar-refractivity contribution is -0.385. The van der Waals surface area contributed by atoms with Crippen LogP contribution in [0.5, 0.6) is 0 Å². The quantitative estimate of drug-likeness (QED) is 0.453. The van der Waals surface area contributed by atoms with Crippen molar-refractivity contribution >= 4 is 28.9 Å². The van der Waals surface area contributed by atoms with E-state index in [1.165, 1.54) is 6.07 Å². The van der Waals surface area contributed by atoms with E-state index in [2.05, 4.69) is 0 Å². The van der Waals surface area contributed by atoms with Gasteiger partial charge in [0.2, 0.25) is 0 Å². The second-order valence-electron chi connectivity index (χ2n) is 3.54. The summed E-state index contributed by atoms with van der Waals surface area (Å²) in [5.74, 6) is 0. The second kappa shape index (κ2) is 6.06. The number of nitro benzene ring substituents is 1. The van der Waals surface area contributed by atoms with Gasteiger partial charge in [-0.05, 0) is 25.3 Å². The van der Waals surface area contributed by atoms with Crippen LogP contribution in [0.2, 0.25) is 5.02 Å². The fourth-order valence-electron chi connectivity index (χ4n) is 1.47. The van der Waals surface area contributed by atoms with E-state index in [1.807, 2.05) is 6.92 Å². The molecule has 0 aliphatic rings. The molecule has 1 rings (SSSR count). The molecule has 5 heteroatoms. The first-order valence-corrected chi connectivity index (χ1v) is 5.93. The van der Waals surface area contributed by atoms with Crippen LogP contribution in [0.15, 0.2) is 18.2 Å². The molecule has 0 saturated heterocycles. The molecule has 1 atom stereocenters. The third-order valence-electron chi connectivity index (χ3n) is 2.44. The van der Waals surface area contributed by atoms with Crippen molar-refractivity contribution < 1.29 is 4.92 Å². The average Bonchev–Trinajstić information content (AvgIpc) is 2.26. The van der Waals surface area contributed by atoms with Crippen LogP contribution in [0.4, 0.5) is 5.69 Å². The van der Waals surface area contributed by atoms with Crippen LogP contribution < -0.4 is 0 Å². The maximum Gasteiger partial charge on any atom is 0.274 e. The minimum atomic E-state index is -0.406. The predicted molar refractivity (Wildman–Crippen MR) is 66.4 cm³/mol. The van der Waals surface area contributed by atoms with Gasteiger partial charge >= 0.3 is 0 Å². The summed E-state index contributed by atoms with van der Waals surface area (Å²) in [5, 5.41) is 11.3. The summed E-state index contributed by atoms with van der Waals surface area (Å²) in [4.78, 5) is 10.4. The van der Waals surface area contributed by atoms with E-state index in [0.717, 1.165) is 6.42 Å². The van der Waals surface area contributed by atoms with E-state index in [1.54, 1.807) is 12.1 Å². The summed E-state index contributed by atoms with van der Waals surface area (Å²) in [5.41, 5.74) is 0.653. The van der Waals surface area contributed by atoms with Crippen molar-refractivity contribution in [2.45, 2.75) is 31.6 Å². The van der Waals surface area contributed by atoms with Gasteiger partial charge < -0.3 is 0 Å². The van der Waals surface area contributed by atoms with Crippen molar-refractivity contribution in [1.29, 1.82) is 0 Å². The minimum Gasteiger partial charge on any atom is -0.258 e. The van der Waals surface area contributed by atoms with Gasteiger partial charge in [-0.3, -0.25) is 10.1 Å². The molecule has 1 aromatic rings. The van der Waals surface area contributed by atoms with Gasteiger partial charge in [-0.1, -0.05) is 24.6 Å². The Bertz CT molecular complexity index is 382. The van der Waals surface area contributed by atoms with E-state index < -0.39 is 4.92 Å². The highest BCUT2D eigenvalue weighted by Crippen LogP contribution is 2.28. The maximum atomic E-state index is 10.8. The molecule has 0 aromatic heterocycles. The molecule has 0 amide bonds. The number of hydrogen-bond donors (Lipinski definition) is 0. The smallest absolute Gasteiger partial charge is 0.258 e. The molecule has 0 fully saturated rings. The number of nitro groups is 1. The van der Waals surface area contributed by atoms with Crippen molar-refractivity contribution in [3.63, 3.8) is 0 Å². The fourth-order valence-corrected chi connectivity index (χ4v) is 1.84. The Kier molecular flexibility index (Phi) is 5.03. The largest absolute Gasteiger partial charge is 0.274 e. The maximum absolute atomic E-state index is 10.8. The molecule has 0 heterocycles. The minimum absolute atomic E-state index is 0.0378. The monoisotopic (exact) mass is 261 g/mol. The van der Waals surface area contributed by atoms with E-state index in [4.69, 9.17) is 23.2 Å². The van der Waals surface area contributed by atoms with E-state index in [9.17, 15) is 10.1 Å². The molecule has 0 radical (unpaired) electrons. The zero-order valence-corrected chi connectivity index (χ0v) is 10.5. The SMILES string of the molecule is CCC(Cl)CCc1c(Cl)cccc1[N+](=O)[O-]. The summed E-state index contributed by atoms with van der Waals surface area (Å²) in [6.07, 6.45) is 2.08. The molecule has 0 spiro atoms. The summed E-state index contributed by atoms with van der Waals surface area (Å²) < 4.78 is 0. The summed E-state index contributed by atoms with van der Waals surface area (Å²) in [6.45, 7) is 1.98. The number of halogens is 2. The molecule has 0 saturated carbocycles. The zero-order chi connectivity index (χ0) is 12.1. The van der Waals surface area contributed by atoms with Crippen LogP contribution in [0.25, 0.3) is 0 Å². The molecule has 88 valence electrons. The Hall–Kier alpha value is -0.800. The first-order valence-electron chi connectivity index (χ1n) is 5.12. The fraction of sp³-hybridized carbons (Fsp3) is 0.455. The molecule has 3 nitrogen and oxygen atoms in total. The highest BCUT2D eigenvalue weighted by Gasteiger charge is 2.17. The normalized spacial score (nSPS) is 12.4. The number of alkyl halides is 1. The third-order valence-corrected chi connectivity index (χ3v) is 3.32. The predicted octanol–water partition coefficient (Wildman–Crippen LogP) is 4.20. The lowest BCUT2D eigenvalue weighted by Crippen LogP contribution is -2.02. The van der Waals surface area contributed by atoms with Crippen LogP contribution in [0, 0.1) is 10.1 Å². The van der Waals surface area contributed by atoms with Crippen molar-refractivity contribution in [2.24, 2.45) is 0 Å². The van der Waals surface area contributed by atoms with Crippen LogP contribution >= 0.6 is 23.2 Å². The standard InChI is InChI=1S/C11H13Cl2NO2/c1-2-8(12)6-7-9-10(13)4-3-5-11(9)14(15)16/h3-5,8H,2,6-7H2,1H3. The van der Waals surface area contributed by atoms with Crippen LogP contribution in [0.1, 0.15) is 25.3 Å². The molecule has 0 bridgehead atoms. The van der Waals surface area contributed by atoms with Crippen LogP contribution in [-0.2, 0) is 6.42 Å². The van der Waals surface area contributed by atoms with Crippen LogP contribution in [-0.4, -0.2) is 10.3 Å². The zero-order valence-electron chi connectivity index (χ0n) is 8.95.